The molecular formula is C19H18N4S2. The van der Waals surface area contributed by atoms with Crippen LogP contribution in [0.2, 0.25) is 0 Å². The van der Waals surface area contributed by atoms with Gasteiger partial charge in [-0.25, -0.2) is 9.97 Å². The van der Waals surface area contributed by atoms with E-state index in [1.807, 2.05) is 23.0 Å². The molecule has 0 bridgehead atoms. The van der Waals surface area contributed by atoms with Crippen molar-refractivity contribution in [1.82, 2.24) is 15.3 Å². The number of pyridine rings is 1. The standard InChI is InChI=1S/C19H18N4S2/c1-11-13(4-6-20-11)18-9-14-15(5-7-21-19(14)25-18)23-12-2-3-17-16(8-12)22-10-24-17/h2-3,5,7-11,13,20H,4,6H2,1H3,(H,21,23)/t11-,13+/m1/s1. The van der Waals surface area contributed by atoms with Gasteiger partial charge in [0.1, 0.15) is 4.83 Å². The quantitative estimate of drug-likeness (QED) is 0.529. The van der Waals surface area contributed by atoms with Crippen LogP contribution in [0.15, 0.2) is 42.0 Å². The Bertz CT molecular complexity index is 1050. The molecule has 1 fully saturated rings. The molecule has 4 aromatic rings. The third-order valence-electron chi connectivity index (χ3n) is 4.95. The van der Waals surface area contributed by atoms with Crippen molar-refractivity contribution in [3.63, 3.8) is 0 Å². The summed E-state index contributed by atoms with van der Waals surface area (Å²) in [5, 5.41) is 8.31. The average Bonchev–Trinajstić information content (AvgIpc) is 3.32. The second-order valence-corrected chi connectivity index (χ2v) is 8.47. The first-order chi connectivity index (χ1) is 12.3. The van der Waals surface area contributed by atoms with Gasteiger partial charge in [-0.2, -0.15) is 0 Å². The number of anilines is 2. The molecular weight excluding hydrogens is 348 g/mol. The molecule has 1 aliphatic heterocycles. The molecule has 3 aromatic heterocycles. The van der Waals surface area contributed by atoms with Gasteiger partial charge in [0.2, 0.25) is 0 Å². The maximum atomic E-state index is 4.59. The van der Waals surface area contributed by atoms with E-state index in [0.29, 0.717) is 12.0 Å². The number of aromatic nitrogens is 2. The molecule has 0 saturated carbocycles. The highest BCUT2D eigenvalue weighted by molar-refractivity contribution is 7.18. The van der Waals surface area contributed by atoms with Gasteiger partial charge >= 0.3 is 0 Å². The molecule has 126 valence electrons. The number of thiazole rings is 1. The molecule has 4 nitrogen and oxygen atoms in total. The molecule has 25 heavy (non-hydrogen) atoms. The Kier molecular flexibility index (Phi) is 3.69. The number of hydrogen-bond acceptors (Lipinski definition) is 6. The van der Waals surface area contributed by atoms with E-state index in [9.17, 15) is 0 Å². The smallest absolute Gasteiger partial charge is 0.125 e. The molecule has 2 N–H and O–H groups in total. The molecule has 0 radical (unpaired) electrons. The summed E-state index contributed by atoms with van der Waals surface area (Å²) in [6.45, 7) is 3.38. The van der Waals surface area contributed by atoms with Crippen molar-refractivity contribution in [2.24, 2.45) is 0 Å². The third kappa shape index (κ3) is 2.70. The number of nitrogens with one attached hydrogen (secondary N) is 2. The molecule has 0 aliphatic carbocycles. The van der Waals surface area contributed by atoms with Gasteiger partial charge in [-0.1, -0.05) is 0 Å². The van der Waals surface area contributed by atoms with Gasteiger partial charge in [-0.15, -0.1) is 22.7 Å². The largest absolute Gasteiger partial charge is 0.355 e. The zero-order valence-corrected chi connectivity index (χ0v) is 15.5. The first-order valence-corrected chi connectivity index (χ1v) is 10.2. The van der Waals surface area contributed by atoms with E-state index in [-0.39, 0.29) is 0 Å². The average molecular weight is 367 g/mol. The normalized spacial score (nSPS) is 20.5. The van der Waals surface area contributed by atoms with Crippen molar-refractivity contribution in [3.8, 4) is 0 Å². The van der Waals surface area contributed by atoms with Crippen molar-refractivity contribution >= 4 is 54.5 Å². The van der Waals surface area contributed by atoms with Crippen LogP contribution in [0.25, 0.3) is 20.4 Å². The summed E-state index contributed by atoms with van der Waals surface area (Å²) in [5.41, 5.74) is 5.11. The van der Waals surface area contributed by atoms with Gasteiger partial charge < -0.3 is 10.6 Å². The Labute approximate surface area is 153 Å². The lowest BCUT2D eigenvalue weighted by molar-refractivity contribution is 0.602. The van der Waals surface area contributed by atoms with Crippen molar-refractivity contribution in [3.05, 3.63) is 46.9 Å². The molecule has 0 spiro atoms. The van der Waals surface area contributed by atoms with Crippen LogP contribution in [-0.4, -0.2) is 22.6 Å². The predicted octanol–water partition coefficient (Wildman–Crippen LogP) is 5.12. The Morgan fingerprint density at radius 2 is 2.16 bits per heavy atom. The summed E-state index contributed by atoms with van der Waals surface area (Å²) in [6.07, 6.45) is 3.10. The van der Waals surface area contributed by atoms with Crippen LogP contribution in [0.5, 0.6) is 0 Å². The lowest BCUT2D eigenvalue weighted by Gasteiger charge is -2.12. The van der Waals surface area contributed by atoms with Crippen LogP contribution < -0.4 is 10.6 Å². The fourth-order valence-corrected chi connectivity index (χ4v) is 5.51. The van der Waals surface area contributed by atoms with E-state index in [2.05, 4.69) is 57.9 Å². The number of rotatable bonds is 3. The highest BCUT2D eigenvalue weighted by Crippen LogP contribution is 2.38. The molecule has 1 saturated heterocycles. The van der Waals surface area contributed by atoms with Gasteiger partial charge in [0.05, 0.1) is 21.4 Å². The van der Waals surface area contributed by atoms with Crippen molar-refractivity contribution < 1.29 is 0 Å². The fourth-order valence-electron chi connectivity index (χ4n) is 3.59. The number of benzene rings is 1. The lowest BCUT2D eigenvalue weighted by atomic mass is 10.00. The van der Waals surface area contributed by atoms with Crippen LogP contribution in [0, 0.1) is 0 Å². The molecule has 2 atom stereocenters. The van der Waals surface area contributed by atoms with E-state index < -0.39 is 0 Å². The summed E-state index contributed by atoms with van der Waals surface area (Å²) in [5.74, 6) is 0.596. The van der Waals surface area contributed by atoms with Crippen LogP contribution in [0.3, 0.4) is 0 Å². The van der Waals surface area contributed by atoms with Crippen LogP contribution in [0.1, 0.15) is 24.1 Å². The minimum atomic E-state index is 0.538. The number of fused-ring (bicyclic) bond motifs is 2. The molecule has 5 rings (SSSR count). The van der Waals surface area contributed by atoms with E-state index in [4.69, 9.17) is 0 Å². The highest BCUT2D eigenvalue weighted by Gasteiger charge is 2.26. The van der Waals surface area contributed by atoms with Crippen molar-refractivity contribution in [2.75, 3.05) is 11.9 Å². The SMILES string of the molecule is C[C@H]1NCC[C@@H]1c1cc2c(Nc3ccc4scnc4c3)ccnc2s1. The van der Waals surface area contributed by atoms with Gasteiger partial charge in [0, 0.05) is 34.1 Å². The summed E-state index contributed by atoms with van der Waals surface area (Å²) >= 11 is 3.49. The Morgan fingerprint density at radius 1 is 1.20 bits per heavy atom. The van der Waals surface area contributed by atoms with Crippen LogP contribution in [0.4, 0.5) is 11.4 Å². The molecule has 1 aromatic carbocycles. The number of thiophene rings is 1. The van der Waals surface area contributed by atoms with Gasteiger partial charge in [-0.3, -0.25) is 0 Å². The van der Waals surface area contributed by atoms with Crippen LogP contribution in [-0.2, 0) is 0 Å². The minimum absolute atomic E-state index is 0.538. The lowest BCUT2D eigenvalue weighted by Crippen LogP contribution is -2.20. The molecule has 6 heteroatoms. The topological polar surface area (TPSA) is 49.8 Å². The fraction of sp³-hybridized carbons (Fsp3) is 0.263. The van der Waals surface area contributed by atoms with Crippen LogP contribution >= 0.6 is 22.7 Å². The second kappa shape index (κ2) is 6.05. The van der Waals surface area contributed by atoms with Gasteiger partial charge in [0.25, 0.3) is 0 Å². The van der Waals surface area contributed by atoms with Crippen molar-refractivity contribution in [2.45, 2.75) is 25.3 Å². The first-order valence-electron chi connectivity index (χ1n) is 8.50. The minimum Gasteiger partial charge on any atom is -0.355 e. The van der Waals surface area contributed by atoms with E-state index in [1.54, 1.807) is 11.3 Å². The zero-order valence-electron chi connectivity index (χ0n) is 13.8. The number of hydrogen-bond donors (Lipinski definition) is 2. The zero-order chi connectivity index (χ0) is 16.8. The Balaban J connectivity index is 1.53. The second-order valence-electron chi connectivity index (χ2n) is 6.52. The van der Waals surface area contributed by atoms with Gasteiger partial charge in [-0.05, 0) is 50.2 Å². The highest BCUT2D eigenvalue weighted by atomic mass is 32.1. The Morgan fingerprint density at radius 3 is 3.04 bits per heavy atom. The first kappa shape index (κ1) is 15.3. The molecule has 0 unspecified atom stereocenters. The van der Waals surface area contributed by atoms with E-state index >= 15 is 0 Å². The summed E-state index contributed by atoms with van der Waals surface area (Å²) in [7, 11) is 0. The maximum absolute atomic E-state index is 4.59. The molecule has 0 amide bonds. The Hall–Kier alpha value is -2.02. The number of nitrogens with zero attached hydrogens (tertiary/aromatic N) is 2. The summed E-state index contributed by atoms with van der Waals surface area (Å²) in [4.78, 5) is 11.5. The summed E-state index contributed by atoms with van der Waals surface area (Å²) < 4.78 is 1.21. The summed E-state index contributed by atoms with van der Waals surface area (Å²) in [6, 6.07) is 11.3. The van der Waals surface area contributed by atoms with Gasteiger partial charge in [0.15, 0.2) is 0 Å². The third-order valence-corrected chi connectivity index (χ3v) is 6.94. The van der Waals surface area contributed by atoms with Crippen molar-refractivity contribution in [1.29, 1.82) is 0 Å². The monoisotopic (exact) mass is 366 g/mol. The van der Waals surface area contributed by atoms with E-state index in [0.717, 1.165) is 28.3 Å². The molecule has 1 aliphatic rings. The van der Waals surface area contributed by atoms with E-state index in [1.165, 1.54) is 21.4 Å². The maximum Gasteiger partial charge on any atom is 0.125 e. The predicted molar refractivity (Wildman–Crippen MR) is 107 cm³/mol. The molecule has 4 heterocycles.